The van der Waals surface area contributed by atoms with Crippen molar-refractivity contribution >= 4 is 16.9 Å². The summed E-state index contributed by atoms with van der Waals surface area (Å²) >= 11 is 0.977. The minimum absolute atomic E-state index is 0.172. The van der Waals surface area contributed by atoms with Gasteiger partial charge in [-0.05, 0) is 0 Å². The van der Waals surface area contributed by atoms with Crippen LogP contribution in [0.4, 0.5) is 8.78 Å². The minimum Gasteiger partial charge on any atom is -0.388 e. The number of rotatable bonds is 1. The fraction of sp³-hybridized carbons (Fsp3) is 0.857. The maximum Gasteiger partial charge on any atom is 0.267 e. The fourth-order valence-corrected chi connectivity index (χ4v) is 2.58. The van der Waals surface area contributed by atoms with Gasteiger partial charge in [-0.2, -0.15) is 0 Å². The molecule has 0 aromatic rings. The molecule has 1 saturated heterocycles. The van der Waals surface area contributed by atoms with Gasteiger partial charge in [0.05, 0.1) is 0 Å². The molecule has 2 aliphatic heterocycles. The molecular formula is C7H10F2N2O3S. The van der Waals surface area contributed by atoms with E-state index in [1.165, 1.54) is 0 Å². The zero-order valence-corrected chi connectivity index (χ0v) is 8.27. The Morgan fingerprint density at radius 3 is 2.67 bits per heavy atom. The molecule has 2 rings (SSSR count). The molecule has 1 fully saturated rings. The van der Waals surface area contributed by atoms with Gasteiger partial charge in [-0.25, -0.2) is 8.78 Å². The molecule has 0 bridgehead atoms. The number of hydrogen-bond acceptors (Lipinski definition) is 6. The van der Waals surface area contributed by atoms with Gasteiger partial charge in [0.15, 0.2) is 5.17 Å². The van der Waals surface area contributed by atoms with Crippen LogP contribution in [-0.4, -0.2) is 51.6 Å². The van der Waals surface area contributed by atoms with E-state index in [2.05, 4.69) is 4.99 Å². The Morgan fingerprint density at radius 1 is 1.40 bits per heavy atom. The molecule has 0 aliphatic carbocycles. The van der Waals surface area contributed by atoms with Crippen LogP contribution in [0.2, 0.25) is 0 Å². The predicted molar refractivity (Wildman–Crippen MR) is 49.7 cm³/mol. The maximum absolute atomic E-state index is 12.4. The van der Waals surface area contributed by atoms with Crippen LogP contribution in [0.15, 0.2) is 4.99 Å². The summed E-state index contributed by atoms with van der Waals surface area (Å²) in [6.07, 6.45) is -7.54. The first-order valence-corrected chi connectivity index (χ1v) is 5.18. The van der Waals surface area contributed by atoms with Gasteiger partial charge in [0.25, 0.3) is 6.43 Å². The highest BCUT2D eigenvalue weighted by atomic mass is 32.2. The smallest absolute Gasteiger partial charge is 0.267 e. The predicted octanol–water partition coefficient (Wildman–Crippen LogP) is -0.872. The number of nitrogens with two attached hydrogens (primary N) is 1. The van der Waals surface area contributed by atoms with Crippen molar-refractivity contribution in [2.24, 2.45) is 10.7 Å². The first kappa shape index (κ1) is 11.1. The quantitative estimate of drug-likeness (QED) is 0.554. The largest absolute Gasteiger partial charge is 0.388 e. The normalized spacial score (nSPS) is 45.4. The molecule has 0 radical (unpaired) electrons. The molecule has 4 N–H and O–H groups in total. The lowest BCUT2D eigenvalue weighted by Crippen LogP contribution is -2.56. The highest BCUT2D eigenvalue weighted by Crippen LogP contribution is 2.36. The van der Waals surface area contributed by atoms with E-state index in [9.17, 15) is 19.0 Å². The van der Waals surface area contributed by atoms with Crippen molar-refractivity contribution < 1.29 is 23.7 Å². The monoisotopic (exact) mass is 240 g/mol. The molecule has 0 unspecified atom stereocenters. The average Bonchev–Trinajstić information content (AvgIpc) is 2.52. The summed E-state index contributed by atoms with van der Waals surface area (Å²) in [6, 6.07) is -0.764. The molecular weight excluding hydrogens is 230 g/mol. The first-order valence-electron chi connectivity index (χ1n) is 4.30. The Balaban J connectivity index is 2.16. The summed E-state index contributed by atoms with van der Waals surface area (Å²) in [4.78, 5) is 3.81. The Kier molecular flexibility index (Phi) is 2.84. The number of ether oxygens (including phenoxy) is 1. The van der Waals surface area contributed by atoms with Crippen LogP contribution in [-0.2, 0) is 4.74 Å². The van der Waals surface area contributed by atoms with Gasteiger partial charge >= 0.3 is 0 Å². The van der Waals surface area contributed by atoms with Crippen molar-refractivity contribution in [3.8, 4) is 0 Å². The lowest BCUT2D eigenvalue weighted by Gasteiger charge is -2.37. The Hall–Kier alpha value is -0.440. The summed E-state index contributed by atoms with van der Waals surface area (Å²) in [5, 5.41) is 19.1. The standard InChI is InChI=1S/C7H10F2N2O3S/c8-5(9)4-3(13)2(12)1-6(14-4)15-7(10)11-1/h1-6,12-13H,(H2,10,11)/t1-,2-,3+,4+,6-/m1/s1. The Bertz CT molecular complexity index is 291. The third kappa shape index (κ3) is 1.82. The summed E-state index contributed by atoms with van der Waals surface area (Å²) in [7, 11) is 0. The zero-order valence-electron chi connectivity index (χ0n) is 7.46. The van der Waals surface area contributed by atoms with Crippen LogP contribution in [0.5, 0.6) is 0 Å². The van der Waals surface area contributed by atoms with Gasteiger partial charge in [0, 0.05) is 0 Å². The molecule has 0 aromatic heterocycles. The molecule has 86 valence electrons. The molecule has 5 atom stereocenters. The number of amidine groups is 1. The van der Waals surface area contributed by atoms with E-state index in [0.29, 0.717) is 0 Å². The molecule has 0 amide bonds. The Labute approximate surface area is 88.3 Å². The summed E-state index contributed by atoms with van der Waals surface area (Å²) in [6.45, 7) is 0. The number of hydrogen-bond donors (Lipinski definition) is 3. The molecule has 2 aliphatic rings. The lowest BCUT2D eigenvalue weighted by molar-refractivity contribution is -0.193. The number of aliphatic hydroxyl groups is 2. The highest BCUT2D eigenvalue weighted by Gasteiger charge is 2.50. The van der Waals surface area contributed by atoms with Crippen LogP contribution in [0.1, 0.15) is 0 Å². The number of halogens is 2. The van der Waals surface area contributed by atoms with E-state index < -0.39 is 36.2 Å². The molecule has 0 spiro atoms. The molecule has 2 heterocycles. The fourth-order valence-electron chi connectivity index (χ4n) is 1.61. The van der Waals surface area contributed by atoms with E-state index in [0.717, 1.165) is 11.8 Å². The van der Waals surface area contributed by atoms with Gasteiger partial charge in [-0.3, -0.25) is 4.99 Å². The Morgan fingerprint density at radius 2 is 2.07 bits per heavy atom. The topological polar surface area (TPSA) is 88.1 Å². The maximum atomic E-state index is 12.4. The zero-order chi connectivity index (χ0) is 11.2. The minimum atomic E-state index is -2.85. The van der Waals surface area contributed by atoms with Gasteiger partial charge in [-0.1, -0.05) is 11.8 Å². The second-order valence-corrected chi connectivity index (χ2v) is 4.48. The second kappa shape index (κ2) is 3.85. The third-order valence-electron chi connectivity index (χ3n) is 2.37. The highest BCUT2D eigenvalue weighted by molar-refractivity contribution is 8.14. The van der Waals surface area contributed by atoms with Gasteiger partial charge in [0.1, 0.15) is 29.8 Å². The summed E-state index contributed by atoms with van der Waals surface area (Å²) in [5.74, 6) is 0. The lowest BCUT2D eigenvalue weighted by atomic mass is 9.98. The van der Waals surface area contributed by atoms with E-state index in [1.54, 1.807) is 0 Å². The molecule has 0 saturated carbocycles. The van der Waals surface area contributed by atoms with Crippen molar-refractivity contribution in [3.63, 3.8) is 0 Å². The van der Waals surface area contributed by atoms with E-state index in [-0.39, 0.29) is 5.17 Å². The molecule has 15 heavy (non-hydrogen) atoms. The summed E-state index contributed by atoms with van der Waals surface area (Å²) in [5.41, 5.74) is 4.64. The van der Waals surface area contributed by atoms with Gasteiger partial charge in [0.2, 0.25) is 0 Å². The van der Waals surface area contributed by atoms with Crippen LogP contribution < -0.4 is 5.73 Å². The van der Waals surface area contributed by atoms with Gasteiger partial charge < -0.3 is 20.7 Å². The summed E-state index contributed by atoms with van der Waals surface area (Å²) < 4.78 is 29.8. The number of fused-ring (bicyclic) bond motifs is 1. The van der Waals surface area contributed by atoms with Crippen molar-refractivity contribution in [2.75, 3.05) is 0 Å². The van der Waals surface area contributed by atoms with E-state index in [1.807, 2.05) is 0 Å². The molecule has 5 nitrogen and oxygen atoms in total. The van der Waals surface area contributed by atoms with Crippen LogP contribution >= 0.6 is 11.8 Å². The number of thioether (sulfide) groups is 1. The molecule has 0 aromatic carbocycles. The second-order valence-electron chi connectivity index (χ2n) is 3.36. The van der Waals surface area contributed by atoms with Crippen molar-refractivity contribution in [3.05, 3.63) is 0 Å². The van der Waals surface area contributed by atoms with E-state index in [4.69, 9.17) is 10.5 Å². The first-order chi connectivity index (χ1) is 7.00. The van der Waals surface area contributed by atoms with Crippen molar-refractivity contribution in [2.45, 2.75) is 36.2 Å². The van der Waals surface area contributed by atoms with Crippen LogP contribution in [0, 0.1) is 0 Å². The SMILES string of the molecule is NC1=N[C@@H]2[C@@H](O)[C@H](O)[C@@H](C(F)F)O[C@@H]2S1. The van der Waals surface area contributed by atoms with Crippen LogP contribution in [0.25, 0.3) is 0 Å². The van der Waals surface area contributed by atoms with Gasteiger partial charge in [-0.15, -0.1) is 0 Å². The molecule has 8 heteroatoms. The van der Waals surface area contributed by atoms with Crippen LogP contribution in [0.3, 0.4) is 0 Å². The number of alkyl halides is 2. The van der Waals surface area contributed by atoms with Crippen molar-refractivity contribution in [1.82, 2.24) is 0 Å². The average molecular weight is 240 g/mol. The number of aliphatic imine (C=N–C) groups is 1. The van der Waals surface area contributed by atoms with Crippen molar-refractivity contribution in [1.29, 1.82) is 0 Å². The number of nitrogens with zero attached hydrogens (tertiary/aromatic N) is 1. The number of aliphatic hydroxyl groups excluding tert-OH is 2. The third-order valence-corrected chi connectivity index (χ3v) is 3.34. The van der Waals surface area contributed by atoms with E-state index >= 15 is 0 Å².